The minimum absolute atomic E-state index is 0.0128. The van der Waals surface area contributed by atoms with E-state index in [1.54, 1.807) is 23.9 Å². The van der Waals surface area contributed by atoms with E-state index in [0.717, 1.165) is 22.6 Å². The van der Waals surface area contributed by atoms with Crippen molar-refractivity contribution in [2.24, 2.45) is 0 Å². The summed E-state index contributed by atoms with van der Waals surface area (Å²) in [7, 11) is 0. The molecule has 0 atom stereocenters. The lowest BCUT2D eigenvalue weighted by Crippen LogP contribution is -2.27. The van der Waals surface area contributed by atoms with Gasteiger partial charge in [-0.25, -0.2) is 4.39 Å². The highest BCUT2D eigenvalue weighted by atomic mass is 32.2. The minimum atomic E-state index is -0.243. The molecule has 3 nitrogen and oxygen atoms in total. The standard InChI is InChI=1S/C20H24FNO2S/c1-15-3-4-16(2)19(13-15)24-11-12-25-14-20(23)22-10-9-17-5-7-18(21)8-6-17/h3-8,13H,9-12,14H2,1-2H3,(H,22,23). The molecule has 0 aliphatic carbocycles. The number of thioether (sulfide) groups is 1. The highest BCUT2D eigenvalue weighted by Gasteiger charge is 2.03. The SMILES string of the molecule is Cc1ccc(C)c(OCCSCC(=O)NCCc2ccc(F)cc2)c1. The molecule has 0 saturated heterocycles. The van der Waals surface area contributed by atoms with Gasteiger partial charge in [0.25, 0.3) is 0 Å². The maximum Gasteiger partial charge on any atom is 0.230 e. The average molecular weight is 361 g/mol. The van der Waals surface area contributed by atoms with E-state index in [1.165, 1.54) is 17.7 Å². The summed E-state index contributed by atoms with van der Waals surface area (Å²) in [4.78, 5) is 11.8. The lowest BCUT2D eigenvalue weighted by Gasteiger charge is -2.10. The second-order valence-corrected chi connectivity index (χ2v) is 7.00. The van der Waals surface area contributed by atoms with Crippen LogP contribution in [-0.4, -0.2) is 30.6 Å². The average Bonchev–Trinajstić information content (AvgIpc) is 2.59. The van der Waals surface area contributed by atoms with Gasteiger partial charge in [0.2, 0.25) is 5.91 Å². The summed E-state index contributed by atoms with van der Waals surface area (Å²) in [5.74, 6) is 1.86. The molecular weight excluding hydrogens is 337 g/mol. The van der Waals surface area contributed by atoms with Gasteiger partial charge < -0.3 is 10.1 Å². The highest BCUT2D eigenvalue weighted by molar-refractivity contribution is 7.99. The molecule has 0 bridgehead atoms. The van der Waals surface area contributed by atoms with Crippen LogP contribution >= 0.6 is 11.8 Å². The molecule has 0 spiro atoms. The molecule has 0 unspecified atom stereocenters. The van der Waals surface area contributed by atoms with Gasteiger partial charge in [0.15, 0.2) is 0 Å². The van der Waals surface area contributed by atoms with Crippen molar-refractivity contribution in [3.63, 3.8) is 0 Å². The van der Waals surface area contributed by atoms with Gasteiger partial charge in [0.05, 0.1) is 12.4 Å². The fourth-order valence-corrected chi connectivity index (χ4v) is 2.92. The third-order valence-corrected chi connectivity index (χ3v) is 4.63. The molecule has 0 aromatic heterocycles. The summed E-state index contributed by atoms with van der Waals surface area (Å²) in [6.07, 6.45) is 0.701. The van der Waals surface area contributed by atoms with Gasteiger partial charge in [0.1, 0.15) is 11.6 Å². The molecule has 0 heterocycles. The molecule has 25 heavy (non-hydrogen) atoms. The Kier molecular flexibility index (Phi) is 7.79. The highest BCUT2D eigenvalue weighted by Crippen LogP contribution is 2.19. The van der Waals surface area contributed by atoms with Crippen LogP contribution in [0, 0.1) is 19.7 Å². The summed E-state index contributed by atoms with van der Waals surface area (Å²) in [5, 5.41) is 2.88. The normalized spacial score (nSPS) is 10.5. The van der Waals surface area contributed by atoms with E-state index in [4.69, 9.17) is 4.74 Å². The molecular formula is C20H24FNO2S. The number of halogens is 1. The Morgan fingerprint density at radius 3 is 2.68 bits per heavy atom. The predicted molar refractivity (Wildman–Crippen MR) is 102 cm³/mol. The predicted octanol–water partition coefficient (Wildman–Crippen LogP) is 3.91. The van der Waals surface area contributed by atoms with Crippen molar-refractivity contribution >= 4 is 17.7 Å². The summed E-state index contributed by atoms with van der Waals surface area (Å²) in [6.45, 7) is 5.20. The van der Waals surface area contributed by atoms with E-state index in [0.29, 0.717) is 25.3 Å². The Bertz CT molecular complexity index is 689. The zero-order valence-corrected chi connectivity index (χ0v) is 15.5. The van der Waals surface area contributed by atoms with Crippen molar-refractivity contribution in [2.75, 3.05) is 24.7 Å². The number of rotatable bonds is 9. The minimum Gasteiger partial charge on any atom is -0.492 e. The first kappa shape index (κ1) is 19.3. The number of benzene rings is 2. The monoisotopic (exact) mass is 361 g/mol. The first-order valence-corrected chi connectivity index (χ1v) is 9.49. The Hall–Kier alpha value is -2.01. The fourth-order valence-electron chi connectivity index (χ4n) is 2.29. The summed E-state index contributed by atoms with van der Waals surface area (Å²) >= 11 is 1.55. The van der Waals surface area contributed by atoms with Crippen LogP contribution in [0.4, 0.5) is 4.39 Å². The molecule has 5 heteroatoms. The number of aryl methyl sites for hydroxylation is 2. The van der Waals surface area contributed by atoms with Gasteiger partial charge in [0, 0.05) is 12.3 Å². The molecule has 1 N–H and O–H groups in total. The zero-order chi connectivity index (χ0) is 18.1. The van der Waals surface area contributed by atoms with Crippen LogP contribution in [0.1, 0.15) is 16.7 Å². The van der Waals surface area contributed by atoms with Crippen LogP contribution in [0.15, 0.2) is 42.5 Å². The van der Waals surface area contributed by atoms with Crippen molar-refractivity contribution < 1.29 is 13.9 Å². The quantitative estimate of drug-likeness (QED) is 0.688. The lowest BCUT2D eigenvalue weighted by atomic mass is 10.1. The van der Waals surface area contributed by atoms with E-state index in [-0.39, 0.29) is 11.7 Å². The molecule has 0 aliphatic rings. The Balaban J connectivity index is 1.56. The van der Waals surface area contributed by atoms with E-state index in [1.807, 2.05) is 26.0 Å². The third-order valence-electron chi connectivity index (χ3n) is 3.71. The van der Waals surface area contributed by atoms with Gasteiger partial charge in [-0.15, -0.1) is 11.8 Å². The van der Waals surface area contributed by atoms with Crippen molar-refractivity contribution in [1.29, 1.82) is 0 Å². The van der Waals surface area contributed by atoms with E-state index < -0.39 is 0 Å². The van der Waals surface area contributed by atoms with E-state index in [2.05, 4.69) is 11.4 Å². The largest absolute Gasteiger partial charge is 0.492 e. The van der Waals surface area contributed by atoms with Crippen LogP contribution in [0.25, 0.3) is 0 Å². The Morgan fingerprint density at radius 1 is 1.16 bits per heavy atom. The molecule has 134 valence electrons. The summed E-state index contributed by atoms with van der Waals surface area (Å²) in [6, 6.07) is 12.5. The topological polar surface area (TPSA) is 38.3 Å². The number of amides is 1. The second-order valence-electron chi connectivity index (χ2n) is 5.90. The zero-order valence-electron chi connectivity index (χ0n) is 14.7. The van der Waals surface area contributed by atoms with Gasteiger partial charge in [-0.05, 0) is 55.2 Å². The first-order chi connectivity index (χ1) is 12.0. The number of carbonyl (C=O) groups excluding carboxylic acids is 1. The molecule has 0 radical (unpaired) electrons. The van der Waals surface area contributed by atoms with E-state index in [9.17, 15) is 9.18 Å². The van der Waals surface area contributed by atoms with Gasteiger partial charge in [-0.1, -0.05) is 24.3 Å². The Morgan fingerprint density at radius 2 is 1.92 bits per heavy atom. The van der Waals surface area contributed by atoms with Crippen molar-refractivity contribution in [2.45, 2.75) is 20.3 Å². The van der Waals surface area contributed by atoms with Crippen LogP contribution in [0.5, 0.6) is 5.75 Å². The van der Waals surface area contributed by atoms with Crippen LogP contribution in [-0.2, 0) is 11.2 Å². The number of ether oxygens (including phenoxy) is 1. The Labute approximate surface area is 153 Å². The summed E-state index contributed by atoms with van der Waals surface area (Å²) < 4.78 is 18.6. The van der Waals surface area contributed by atoms with Gasteiger partial charge in [-0.2, -0.15) is 0 Å². The molecule has 0 fully saturated rings. The molecule has 0 aliphatic heterocycles. The summed E-state index contributed by atoms with van der Waals surface area (Å²) in [5.41, 5.74) is 3.30. The smallest absolute Gasteiger partial charge is 0.230 e. The van der Waals surface area contributed by atoms with Gasteiger partial charge >= 0.3 is 0 Å². The van der Waals surface area contributed by atoms with Crippen LogP contribution in [0.3, 0.4) is 0 Å². The number of hydrogen-bond donors (Lipinski definition) is 1. The van der Waals surface area contributed by atoms with Crippen molar-refractivity contribution in [3.8, 4) is 5.75 Å². The second kappa shape index (κ2) is 10.1. The van der Waals surface area contributed by atoms with Gasteiger partial charge in [-0.3, -0.25) is 4.79 Å². The van der Waals surface area contributed by atoms with Crippen molar-refractivity contribution in [1.82, 2.24) is 5.32 Å². The van der Waals surface area contributed by atoms with Crippen molar-refractivity contribution in [3.05, 3.63) is 65.0 Å². The molecule has 2 aromatic rings. The molecule has 2 rings (SSSR count). The van der Waals surface area contributed by atoms with Crippen LogP contribution in [0.2, 0.25) is 0 Å². The van der Waals surface area contributed by atoms with E-state index >= 15 is 0 Å². The molecule has 0 saturated carbocycles. The molecule has 1 amide bonds. The first-order valence-electron chi connectivity index (χ1n) is 8.33. The maximum absolute atomic E-state index is 12.8. The lowest BCUT2D eigenvalue weighted by molar-refractivity contribution is -0.118. The fraction of sp³-hybridized carbons (Fsp3) is 0.350. The number of nitrogens with one attached hydrogen (secondary N) is 1. The number of hydrogen-bond acceptors (Lipinski definition) is 3. The van der Waals surface area contributed by atoms with Crippen LogP contribution < -0.4 is 10.1 Å². The molecule has 2 aromatic carbocycles. The number of carbonyl (C=O) groups is 1. The third kappa shape index (κ3) is 7.18. The maximum atomic E-state index is 12.8.